The lowest BCUT2D eigenvalue weighted by atomic mass is 10.0. The van der Waals surface area contributed by atoms with Crippen LogP contribution < -0.4 is 5.32 Å². The number of hydrogen-bond acceptors (Lipinski definition) is 6. The number of carbonyl (C=O) groups is 3. The molecule has 2 aromatic rings. The molecular weight excluding hydrogens is 410 g/mol. The predicted molar refractivity (Wildman–Crippen MR) is 110 cm³/mol. The average Bonchev–Trinajstić information content (AvgIpc) is 3.19. The van der Waals surface area contributed by atoms with E-state index in [-0.39, 0.29) is 18.4 Å². The van der Waals surface area contributed by atoms with Crippen molar-refractivity contribution in [1.29, 1.82) is 0 Å². The molecule has 3 rings (SSSR count). The van der Waals surface area contributed by atoms with Gasteiger partial charge in [0.15, 0.2) is 0 Å². The predicted octanol–water partition coefficient (Wildman–Crippen LogP) is 2.03. The van der Waals surface area contributed by atoms with Gasteiger partial charge in [-0.3, -0.25) is 14.5 Å². The molecule has 2 amide bonds. The number of nitrogens with one attached hydrogen (secondary N) is 1. The first-order chi connectivity index (χ1) is 14.4. The third-order valence-corrected chi connectivity index (χ3v) is 5.50. The number of methoxy groups -OCH3 is 1. The zero-order valence-corrected chi connectivity index (χ0v) is 17.6. The van der Waals surface area contributed by atoms with Gasteiger partial charge in [-0.15, -0.1) is 0 Å². The van der Waals surface area contributed by atoms with Crippen molar-refractivity contribution in [2.75, 3.05) is 39.8 Å². The smallest absolute Gasteiger partial charge is 0.327 e. The number of carbonyl (C=O) groups excluding carboxylic acids is 3. The number of amides is 2. The molecule has 0 spiro atoms. The summed E-state index contributed by atoms with van der Waals surface area (Å²) in [6, 6.07) is 8.09. The molecular formula is C21H24ClN3O5. The number of aryl methyl sites for hydroxylation is 1. The van der Waals surface area contributed by atoms with Crippen LogP contribution in [0.2, 0.25) is 5.02 Å². The van der Waals surface area contributed by atoms with E-state index in [0.29, 0.717) is 48.1 Å². The fourth-order valence-corrected chi connectivity index (χ4v) is 3.73. The van der Waals surface area contributed by atoms with E-state index >= 15 is 0 Å². The Kier molecular flexibility index (Phi) is 7.12. The van der Waals surface area contributed by atoms with Crippen molar-refractivity contribution in [3.63, 3.8) is 0 Å². The normalized spacial score (nSPS) is 15.5. The van der Waals surface area contributed by atoms with E-state index in [1.165, 1.54) is 13.4 Å². The van der Waals surface area contributed by atoms with Crippen LogP contribution in [0.4, 0.5) is 0 Å². The van der Waals surface area contributed by atoms with Crippen molar-refractivity contribution in [2.45, 2.75) is 13.0 Å². The van der Waals surface area contributed by atoms with Gasteiger partial charge >= 0.3 is 5.97 Å². The Labute approximate surface area is 179 Å². The van der Waals surface area contributed by atoms with Crippen molar-refractivity contribution in [3.05, 3.63) is 58.5 Å². The van der Waals surface area contributed by atoms with Gasteiger partial charge in [-0.25, -0.2) is 4.79 Å². The Morgan fingerprint density at radius 1 is 1.17 bits per heavy atom. The summed E-state index contributed by atoms with van der Waals surface area (Å²) in [6.07, 6.45) is 1.43. The molecule has 1 aliphatic rings. The highest BCUT2D eigenvalue weighted by atomic mass is 35.5. The third kappa shape index (κ3) is 4.83. The second-order valence-corrected chi connectivity index (χ2v) is 7.34. The number of benzene rings is 1. The van der Waals surface area contributed by atoms with Crippen molar-refractivity contribution in [3.8, 4) is 0 Å². The second-order valence-electron chi connectivity index (χ2n) is 6.94. The van der Waals surface area contributed by atoms with E-state index in [4.69, 9.17) is 20.8 Å². The lowest BCUT2D eigenvalue weighted by Crippen LogP contribution is -2.53. The lowest BCUT2D eigenvalue weighted by molar-refractivity contribution is -0.148. The molecule has 1 aromatic heterocycles. The van der Waals surface area contributed by atoms with E-state index in [1.807, 2.05) is 11.0 Å². The summed E-state index contributed by atoms with van der Waals surface area (Å²) in [5, 5.41) is 3.11. The van der Waals surface area contributed by atoms with Crippen molar-refractivity contribution < 1.29 is 23.5 Å². The number of hydrogen-bond donors (Lipinski definition) is 1. The molecule has 30 heavy (non-hydrogen) atoms. The SMILES string of the molecule is COC(=O)C(c1ccccc1Cl)N1CCN(C(=O)CNC(=O)c2ccoc2C)CC1. The Hall–Kier alpha value is -2.84. The number of esters is 1. The molecule has 8 nitrogen and oxygen atoms in total. The largest absolute Gasteiger partial charge is 0.469 e. The summed E-state index contributed by atoms with van der Waals surface area (Å²) in [6.45, 7) is 3.40. The van der Waals surface area contributed by atoms with Gasteiger partial charge in [0, 0.05) is 31.2 Å². The molecule has 1 N–H and O–H groups in total. The van der Waals surface area contributed by atoms with Crippen LogP contribution in [-0.4, -0.2) is 67.4 Å². The first kappa shape index (κ1) is 21.9. The topological polar surface area (TPSA) is 92.1 Å². The highest BCUT2D eigenvalue weighted by molar-refractivity contribution is 6.31. The summed E-state index contributed by atoms with van der Waals surface area (Å²) in [5.74, 6) is -0.429. The molecule has 1 fully saturated rings. The van der Waals surface area contributed by atoms with E-state index in [0.717, 1.165) is 0 Å². The molecule has 9 heteroatoms. The highest BCUT2D eigenvalue weighted by Gasteiger charge is 2.33. The molecule has 0 radical (unpaired) electrons. The van der Waals surface area contributed by atoms with Crippen molar-refractivity contribution in [1.82, 2.24) is 15.1 Å². The Morgan fingerprint density at radius 3 is 2.47 bits per heavy atom. The van der Waals surface area contributed by atoms with Crippen LogP contribution in [-0.2, 0) is 14.3 Å². The fourth-order valence-electron chi connectivity index (χ4n) is 3.49. The van der Waals surface area contributed by atoms with Crippen LogP contribution in [0.5, 0.6) is 0 Å². The van der Waals surface area contributed by atoms with Gasteiger partial charge < -0.3 is 19.4 Å². The number of furan rings is 1. The van der Waals surface area contributed by atoms with Crippen LogP contribution >= 0.6 is 11.6 Å². The van der Waals surface area contributed by atoms with Crippen molar-refractivity contribution in [2.24, 2.45) is 0 Å². The van der Waals surface area contributed by atoms with Crippen LogP contribution in [0.25, 0.3) is 0 Å². The summed E-state index contributed by atoms with van der Waals surface area (Å²) >= 11 is 6.30. The Bertz CT molecular complexity index is 921. The molecule has 1 unspecified atom stereocenters. The molecule has 1 aliphatic heterocycles. The number of piperazine rings is 1. The molecule has 0 aliphatic carbocycles. The van der Waals surface area contributed by atoms with Gasteiger partial charge in [-0.1, -0.05) is 29.8 Å². The Morgan fingerprint density at radius 2 is 1.87 bits per heavy atom. The van der Waals surface area contributed by atoms with Crippen LogP contribution in [0, 0.1) is 6.92 Å². The molecule has 1 atom stereocenters. The second kappa shape index (κ2) is 9.77. The lowest BCUT2D eigenvalue weighted by Gasteiger charge is -2.38. The van der Waals surface area contributed by atoms with Crippen LogP contribution in [0.1, 0.15) is 27.7 Å². The zero-order valence-electron chi connectivity index (χ0n) is 16.9. The van der Waals surface area contributed by atoms with Gasteiger partial charge in [0.05, 0.1) is 25.5 Å². The summed E-state index contributed by atoms with van der Waals surface area (Å²) in [5.41, 5.74) is 1.09. The fraction of sp³-hybridized carbons (Fsp3) is 0.381. The van der Waals surface area contributed by atoms with Crippen LogP contribution in [0.3, 0.4) is 0 Å². The number of rotatable bonds is 6. The zero-order chi connectivity index (χ0) is 21.7. The molecule has 0 saturated carbocycles. The monoisotopic (exact) mass is 433 g/mol. The summed E-state index contributed by atoms with van der Waals surface area (Å²) in [7, 11) is 1.34. The minimum atomic E-state index is -0.635. The van der Waals surface area contributed by atoms with E-state index in [1.54, 1.807) is 36.1 Å². The third-order valence-electron chi connectivity index (χ3n) is 5.16. The van der Waals surface area contributed by atoms with Gasteiger partial charge in [-0.2, -0.15) is 0 Å². The van der Waals surface area contributed by atoms with E-state index in [9.17, 15) is 14.4 Å². The van der Waals surface area contributed by atoms with Gasteiger partial charge in [0.2, 0.25) is 5.91 Å². The molecule has 0 bridgehead atoms. The maximum Gasteiger partial charge on any atom is 0.327 e. The maximum atomic E-state index is 12.5. The minimum Gasteiger partial charge on any atom is -0.469 e. The molecule has 1 aromatic carbocycles. The highest BCUT2D eigenvalue weighted by Crippen LogP contribution is 2.29. The molecule has 160 valence electrons. The van der Waals surface area contributed by atoms with Gasteiger partial charge in [0.25, 0.3) is 5.91 Å². The molecule has 1 saturated heterocycles. The van der Waals surface area contributed by atoms with E-state index in [2.05, 4.69) is 5.32 Å². The summed E-state index contributed by atoms with van der Waals surface area (Å²) < 4.78 is 10.1. The average molecular weight is 434 g/mol. The minimum absolute atomic E-state index is 0.103. The summed E-state index contributed by atoms with van der Waals surface area (Å²) in [4.78, 5) is 40.7. The van der Waals surface area contributed by atoms with Gasteiger partial charge in [-0.05, 0) is 24.6 Å². The first-order valence-corrected chi connectivity index (χ1v) is 9.96. The Balaban J connectivity index is 1.58. The van der Waals surface area contributed by atoms with Gasteiger partial charge in [0.1, 0.15) is 11.8 Å². The molecule has 2 heterocycles. The number of nitrogens with zero attached hydrogens (tertiary/aromatic N) is 2. The number of ether oxygens (including phenoxy) is 1. The maximum absolute atomic E-state index is 12.5. The van der Waals surface area contributed by atoms with Crippen LogP contribution in [0.15, 0.2) is 41.0 Å². The number of halogens is 1. The van der Waals surface area contributed by atoms with Crippen molar-refractivity contribution >= 4 is 29.4 Å². The standard InChI is InChI=1S/C21H24ClN3O5/c1-14-15(7-12-30-14)20(27)23-13-18(26)24-8-10-25(11-9-24)19(21(28)29-2)16-5-3-4-6-17(16)22/h3-7,12,19H,8-11,13H2,1-2H3,(H,23,27). The van der Waals surface area contributed by atoms with E-state index < -0.39 is 12.0 Å². The quantitative estimate of drug-likeness (QED) is 0.701. The first-order valence-electron chi connectivity index (χ1n) is 9.58.